The van der Waals surface area contributed by atoms with Crippen LogP contribution < -0.4 is 5.32 Å². The number of rotatable bonds is 9. The van der Waals surface area contributed by atoms with Crippen LogP contribution in [0.2, 0.25) is 0 Å². The van der Waals surface area contributed by atoms with E-state index in [0.717, 1.165) is 19.6 Å². The Hall–Kier alpha value is -0.510. The number of thioether (sulfide) groups is 1. The number of nitrogens with one attached hydrogen (secondary N) is 1. The van der Waals surface area contributed by atoms with Crippen molar-refractivity contribution in [1.82, 2.24) is 10.2 Å². The lowest BCUT2D eigenvalue weighted by Gasteiger charge is -2.26. The van der Waals surface area contributed by atoms with Gasteiger partial charge in [-0.1, -0.05) is 37.3 Å². The van der Waals surface area contributed by atoms with E-state index in [1.165, 1.54) is 17.7 Å². The molecule has 0 amide bonds. The lowest BCUT2D eigenvalue weighted by molar-refractivity contribution is 0.255. The Labute approximate surface area is 116 Å². The van der Waals surface area contributed by atoms with E-state index < -0.39 is 0 Å². The Morgan fingerprint density at radius 2 is 2.00 bits per heavy atom. The van der Waals surface area contributed by atoms with E-state index in [4.69, 9.17) is 0 Å². The van der Waals surface area contributed by atoms with E-state index in [1.807, 2.05) is 11.8 Å². The molecule has 0 heterocycles. The van der Waals surface area contributed by atoms with E-state index in [2.05, 4.69) is 60.8 Å². The molecule has 1 unspecified atom stereocenters. The van der Waals surface area contributed by atoms with Crippen LogP contribution in [0.25, 0.3) is 0 Å². The molecule has 0 aliphatic heterocycles. The van der Waals surface area contributed by atoms with Crippen LogP contribution in [0.4, 0.5) is 0 Å². The first-order chi connectivity index (χ1) is 8.77. The molecule has 2 nitrogen and oxygen atoms in total. The summed E-state index contributed by atoms with van der Waals surface area (Å²) in [5.74, 6) is 1.23. The van der Waals surface area contributed by atoms with Crippen molar-refractivity contribution in [2.75, 3.05) is 32.1 Å². The molecule has 0 fully saturated rings. The van der Waals surface area contributed by atoms with Gasteiger partial charge in [0, 0.05) is 31.4 Å². The second-order valence-corrected chi connectivity index (χ2v) is 5.57. The maximum Gasteiger partial charge on any atom is 0.0206 e. The highest BCUT2D eigenvalue weighted by Crippen LogP contribution is 2.07. The quantitative estimate of drug-likeness (QED) is 0.692. The molecule has 1 atom stereocenters. The van der Waals surface area contributed by atoms with Crippen LogP contribution in [0.15, 0.2) is 30.3 Å². The fourth-order valence-electron chi connectivity index (χ4n) is 2.02. The first kappa shape index (κ1) is 15.5. The summed E-state index contributed by atoms with van der Waals surface area (Å²) in [5, 5.41) is 3.51. The lowest BCUT2D eigenvalue weighted by Crippen LogP contribution is -2.38. The van der Waals surface area contributed by atoms with Crippen LogP contribution in [-0.2, 0) is 6.54 Å². The van der Waals surface area contributed by atoms with Crippen LogP contribution in [0, 0.1) is 0 Å². The van der Waals surface area contributed by atoms with Gasteiger partial charge in [-0.05, 0) is 25.3 Å². The highest BCUT2D eigenvalue weighted by atomic mass is 32.2. The number of hydrogen-bond acceptors (Lipinski definition) is 3. The minimum absolute atomic E-state index is 0.707. The normalized spacial score (nSPS) is 12.9. The average molecular weight is 266 g/mol. The molecule has 3 heteroatoms. The minimum atomic E-state index is 0.707. The summed E-state index contributed by atoms with van der Waals surface area (Å²) in [6.07, 6.45) is 3.42. The smallest absolute Gasteiger partial charge is 0.0206 e. The van der Waals surface area contributed by atoms with Crippen molar-refractivity contribution in [2.24, 2.45) is 0 Å². The molecule has 1 aromatic rings. The van der Waals surface area contributed by atoms with Crippen LogP contribution in [0.5, 0.6) is 0 Å². The van der Waals surface area contributed by atoms with Crippen LogP contribution in [0.3, 0.4) is 0 Å². The Morgan fingerprint density at radius 3 is 2.61 bits per heavy atom. The monoisotopic (exact) mass is 266 g/mol. The minimum Gasteiger partial charge on any atom is -0.311 e. The Kier molecular flexibility index (Phi) is 8.14. The molecular formula is C15H26N2S. The van der Waals surface area contributed by atoms with E-state index >= 15 is 0 Å². The summed E-state index contributed by atoms with van der Waals surface area (Å²) in [7, 11) is 2.23. The highest BCUT2D eigenvalue weighted by molar-refractivity contribution is 7.98. The molecule has 0 aromatic heterocycles. The second-order valence-electron chi connectivity index (χ2n) is 4.66. The fraction of sp³-hybridized carbons (Fsp3) is 0.600. The molecular weight excluding hydrogens is 240 g/mol. The lowest BCUT2D eigenvalue weighted by atomic mass is 10.2. The van der Waals surface area contributed by atoms with Crippen LogP contribution >= 0.6 is 11.8 Å². The maximum atomic E-state index is 3.51. The van der Waals surface area contributed by atoms with Gasteiger partial charge in [-0.15, -0.1) is 0 Å². The summed E-state index contributed by atoms with van der Waals surface area (Å²) >= 11 is 1.94. The zero-order chi connectivity index (χ0) is 13.2. The summed E-state index contributed by atoms with van der Waals surface area (Å²) in [6, 6.07) is 11.3. The van der Waals surface area contributed by atoms with Crippen molar-refractivity contribution < 1.29 is 0 Å². The zero-order valence-electron chi connectivity index (χ0n) is 11.9. The topological polar surface area (TPSA) is 15.3 Å². The van der Waals surface area contributed by atoms with Crippen molar-refractivity contribution in [3.63, 3.8) is 0 Å². The van der Waals surface area contributed by atoms with Gasteiger partial charge in [0.15, 0.2) is 0 Å². The van der Waals surface area contributed by atoms with Crippen molar-refractivity contribution >= 4 is 11.8 Å². The van der Waals surface area contributed by atoms with Gasteiger partial charge in [-0.2, -0.15) is 11.8 Å². The third-order valence-electron chi connectivity index (χ3n) is 3.27. The molecule has 18 heavy (non-hydrogen) atoms. The number of hydrogen-bond donors (Lipinski definition) is 1. The standard InChI is InChI=1S/C15H26N2S/c1-4-15(13-18-3)17(2)11-10-16-12-14-8-6-5-7-9-14/h5-9,15-16H,4,10-13H2,1-3H3. The second kappa shape index (κ2) is 9.42. The predicted molar refractivity (Wildman–Crippen MR) is 83.2 cm³/mol. The molecule has 0 radical (unpaired) electrons. The molecule has 0 aliphatic carbocycles. The third kappa shape index (κ3) is 5.89. The Bertz CT molecular complexity index is 303. The van der Waals surface area contributed by atoms with Gasteiger partial charge >= 0.3 is 0 Å². The van der Waals surface area contributed by atoms with Crippen LogP contribution in [0.1, 0.15) is 18.9 Å². The highest BCUT2D eigenvalue weighted by Gasteiger charge is 2.10. The molecule has 0 bridgehead atoms. The molecule has 0 saturated carbocycles. The number of benzene rings is 1. The number of likely N-dealkylation sites (N-methyl/N-ethyl adjacent to an activating group) is 1. The molecule has 0 spiro atoms. The SMILES string of the molecule is CCC(CSC)N(C)CCNCc1ccccc1. The average Bonchev–Trinajstić information content (AvgIpc) is 2.42. The van der Waals surface area contributed by atoms with Gasteiger partial charge in [-0.25, -0.2) is 0 Å². The van der Waals surface area contributed by atoms with Crippen molar-refractivity contribution in [3.05, 3.63) is 35.9 Å². The van der Waals surface area contributed by atoms with Crippen molar-refractivity contribution in [2.45, 2.75) is 25.9 Å². The molecule has 102 valence electrons. The van der Waals surface area contributed by atoms with E-state index in [-0.39, 0.29) is 0 Å². The zero-order valence-corrected chi connectivity index (χ0v) is 12.7. The summed E-state index contributed by atoms with van der Waals surface area (Å²) in [5.41, 5.74) is 1.36. The van der Waals surface area contributed by atoms with Gasteiger partial charge in [0.1, 0.15) is 0 Å². The number of nitrogens with zero attached hydrogens (tertiary/aromatic N) is 1. The Morgan fingerprint density at radius 1 is 1.28 bits per heavy atom. The van der Waals surface area contributed by atoms with Gasteiger partial charge < -0.3 is 10.2 Å². The third-order valence-corrected chi connectivity index (χ3v) is 3.98. The van der Waals surface area contributed by atoms with Gasteiger partial charge in [-0.3, -0.25) is 0 Å². The summed E-state index contributed by atoms with van der Waals surface area (Å²) < 4.78 is 0. The molecule has 1 aromatic carbocycles. The van der Waals surface area contributed by atoms with Crippen LogP contribution in [-0.4, -0.2) is 43.1 Å². The maximum absolute atomic E-state index is 3.51. The summed E-state index contributed by atoms with van der Waals surface area (Å²) in [4.78, 5) is 2.47. The summed E-state index contributed by atoms with van der Waals surface area (Å²) in [6.45, 7) is 5.41. The van der Waals surface area contributed by atoms with E-state index in [1.54, 1.807) is 0 Å². The van der Waals surface area contributed by atoms with Crippen molar-refractivity contribution in [3.8, 4) is 0 Å². The molecule has 1 rings (SSSR count). The fourth-order valence-corrected chi connectivity index (χ4v) is 2.89. The molecule has 0 aliphatic rings. The van der Waals surface area contributed by atoms with E-state index in [9.17, 15) is 0 Å². The van der Waals surface area contributed by atoms with Gasteiger partial charge in [0.2, 0.25) is 0 Å². The molecule has 1 N–H and O–H groups in total. The Balaban J connectivity index is 2.17. The predicted octanol–water partition coefficient (Wildman–Crippen LogP) is 2.85. The first-order valence-corrected chi connectivity index (χ1v) is 8.11. The first-order valence-electron chi connectivity index (χ1n) is 6.71. The van der Waals surface area contributed by atoms with Gasteiger partial charge in [0.25, 0.3) is 0 Å². The van der Waals surface area contributed by atoms with Crippen molar-refractivity contribution in [1.29, 1.82) is 0 Å². The van der Waals surface area contributed by atoms with E-state index in [0.29, 0.717) is 6.04 Å². The largest absolute Gasteiger partial charge is 0.311 e. The molecule has 0 saturated heterocycles. The van der Waals surface area contributed by atoms with Gasteiger partial charge in [0.05, 0.1) is 0 Å².